The summed E-state index contributed by atoms with van der Waals surface area (Å²) in [5, 5.41) is 13.4. The molecule has 0 aliphatic carbocycles. The van der Waals surface area contributed by atoms with E-state index in [0.717, 1.165) is 28.8 Å². The summed E-state index contributed by atoms with van der Waals surface area (Å²) in [4.78, 5) is 74.1. The molecule has 0 radical (unpaired) electrons. The average molecular weight is 515 g/mol. The van der Waals surface area contributed by atoms with E-state index in [9.17, 15) is 34.1 Å². The van der Waals surface area contributed by atoms with Crippen molar-refractivity contribution in [1.82, 2.24) is 15.1 Å². The summed E-state index contributed by atoms with van der Waals surface area (Å²) in [6.45, 7) is -0.819. The number of hydrogen-bond acceptors (Lipinski definition) is 8. The summed E-state index contributed by atoms with van der Waals surface area (Å²) in [6.07, 6.45) is 1.56. The highest BCUT2D eigenvalue weighted by molar-refractivity contribution is 8.18. The normalized spacial score (nSPS) is 16.3. The van der Waals surface area contributed by atoms with Crippen molar-refractivity contribution in [1.29, 1.82) is 0 Å². The van der Waals surface area contributed by atoms with Gasteiger partial charge in [0.05, 0.1) is 21.0 Å². The lowest BCUT2D eigenvalue weighted by atomic mass is 10.1. The molecule has 1 fully saturated rings. The number of amides is 5. The number of hydrogen-bond donors (Lipinski definition) is 1. The minimum atomic E-state index is -0.817. The molecule has 13 heteroatoms. The van der Waals surface area contributed by atoms with Crippen molar-refractivity contribution >= 4 is 64.0 Å². The standard InChI is InChI=1S/C22H15ClN4O7S/c23-13-3-1-12(2-4-13)9-17-21(31)25(22(32)35-17)8-7-24-18(28)11-26-19(29)15-6-5-14(27(33)34)10-16(15)20(26)30/h1-6,9-10H,7-8,11H2,(H,24,28)/b17-9-. The first kappa shape index (κ1) is 24.1. The van der Waals surface area contributed by atoms with Crippen LogP contribution in [0, 0.1) is 10.1 Å². The van der Waals surface area contributed by atoms with Gasteiger partial charge in [-0.2, -0.15) is 0 Å². The van der Waals surface area contributed by atoms with Crippen molar-refractivity contribution in [2.45, 2.75) is 0 Å². The summed E-state index contributed by atoms with van der Waals surface area (Å²) in [5.41, 5.74) is 0.166. The summed E-state index contributed by atoms with van der Waals surface area (Å²) >= 11 is 6.61. The maximum atomic E-state index is 12.6. The van der Waals surface area contributed by atoms with E-state index in [2.05, 4.69) is 5.32 Å². The number of carbonyl (C=O) groups is 5. The molecule has 35 heavy (non-hydrogen) atoms. The molecule has 2 aliphatic rings. The minimum Gasteiger partial charge on any atom is -0.353 e. The van der Waals surface area contributed by atoms with Gasteiger partial charge in [-0.3, -0.25) is 43.9 Å². The van der Waals surface area contributed by atoms with Gasteiger partial charge in [-0.25, -0.2) is 0 Å². The van der Waals surface area contributed by atoms with Crippen LogP contribution < -0.4 is 5.32 Å². The Bertz CT molecular complexity index is 1330. The largest absolute Gasteiger partial charge is 0.353 e. The Hall–Kier alpha value is -4.03. The number of fused-ring (bicyclic) bond motifs is 1. The molecule has 178 valence electrons. The van der Waals surface area contributed by atoms with E-state index in [1.807, 2.05) is 0 Å². The van der Waals surface area contributed by atoms with Gasteiger partial charge in [0.15, 0.2) is 0 Å². The second-order valence-electron chi connectivity index (χ2n) is 7.42. The number of halogens is 1. The number of rotatable bonds is 7. The van der Waals surface area contributed by atoms with Gasteiger partial charge in [0.1, 0.15) is 6.54 Å². The number of nitrogens with zero attached hydrogens (tertiary/aromatic N) is 3. The molecule has 0 unspecified atom stereocenters. The Balaban J connectivity index is 1.32. The van der Waals surface area contributed by atoms with Gasteiger partial charge in [-0.1, -0.05) is 23.7 Å². The molecule has 0 aromatic heterocycles. The number of nitro benzene ring substituents is 1. The van der Waals surface area contributed by atoms with Crippen molar-refractivity contribution < 1.29 is 28.9 Å². The lowest BCUT2D eigenvalue weighted by Gasteiger charge is -2.15. The van der Waals surface area contributed by atoms with Crippen LogP contribution in [0.4, 0.5) is 10.5 Å². The van der Waals surface area contributed by atoms with Crippen LogP contribution in [-0.2, 0) is 9.59 Å². The Morgan fingerprint density at radius 2 is 1.69 bits per heavy atom. The van der Waals surface area contributed by atoms with Gasteiger partial charge in [0.2, 0.25) is 5.91 Å². The number of carbonyl (C=O) groups excluding carboxylic acids is 5. The quantitative estimate of drug-likeness (QED) is 0.257. The molecule has 11 nitrogen and oxygen atoms in total. The van der Waals surface area contributed by atoms with E-state index >= 15 is 0 Å². The summed E-state index contributed by atoms with van der Waals surface area (Å²) in [6, 6.07) is 9.98. The van der Waals surface area contributed by atoms with Crippen LogP contribution in [0.15, 0.2) is 47.4 Å². The van der Waals surface area contributed by atoms with E-state index in [1.165, 1.54) is 6.07 Å². The van der Waals surface area contributed by atoms with E-state index in [1.54, 1.807) is 30.3 Å². The van der Waals surface area contributed by atoms with Crippen molar-refractivity contribution in [2.75, 3.05) is 19.6 Å². The van der Waals surface area contributed by atoms with Crippen LogP contribution in [0.1, 0.15) is 26.3 Å². The van der Waals surface area contributed by atoms with Crippen molar-refractivity contribution in [3.05, 3.63) is 79.2 Å². The molecule has 5 amide bonds. The molecule has 0 saturated carbocycles. The summed E-state index contributed by atoms with van der Waals surface area (Å²) in [5.74, 6) is -2.76. The van der Waals surface area contributed by atoms with Crippen LogP contribution in [0.5, 0.6) is 0 Å². The third-order valence-corrected chi connectivity index (χ3v) is 6.33. The van der Waals surface area contributed by atoms with Crippen molar-refractivity contribution in [2.24, 2.45) is 0 Å². The molecule has 4 rings (SSSR count). The highest BCUT2D eigenvalue weighted by Gasteiger charge is 2.38. The monoisotopic (exact) mass is 514 g/mol. The zero-order chi connectivity index (χ0) is 25.3. The van der Waals surface area contributed by atoms with Gasteiger partial charge in [0, 0.05) is 30.2 Å². The SMILES string of the molecule is O=C(CN1C(=O)c2ccc([N+](=O)[O-])cc2C1=O)NCCN1C(=O)S/C(=C\c2ccc(Cl)cc2)C1=O. The molecule has 2 aliphatic heterocycles. The first-order valence-electron chi connectivity index (χ1n) is 10.1. The van der Waals surface area contributed by atoms with Crippen LogP contribution in [0.25, 0.3) is 6.08 Å². The Morgan fingerprint density at radius 3 is 2.37 bits per heavy atom. The number of benzene rings is 2. The fourth-order valence-electron chi connectivity index (χ4n) is 3.45. The molecule has 0 bridgehead atoms. The predicted octanol–water partition coefficient (Wildman–Crippen LogP) is 2.70. The Labute approximate surface area is 206 Å². The molecule has 2 aromatic carbocycles. The minimum absolute atomic E-state index is 0.0290. The number of non-ortho nitro benzene ring substituents is 1. The molecule has 1 saturated heterocycles. The van der Waals surface area contributed by atoms with Crippen LogP contribution in [0.3, 0.4) is 0 Å². The number of nitro groups is 1. The Kier molecular flexibility index (Phi) is 6.67. The third kappa shape index (κ3) is 4.93. The molecule has 0 spiro atoms. The average Bonchev–Trinajstić information content (AvgIpc) is 3.22. The molecule has 2 heterocycles. The van der Waals surface area contributed by atoms with Crippen LogP contribution >= 0.6 is 23.4 Å². The predicted molar refractivity (Wildman–Crippen MR) is 126 cm³/mol. The third-order valence-electron chi connectivity index (χ3n) is 5.17. The fraction of sp³-hybridized carbons (Fsp3) is 0.136. The van der Waals surface area contributed by atoms with Crippen LogP contribution in [0.2, 0.25) is 5.02 Å². The molecule has 2 aromatic rings. The lowest BCUT2D eigenvalue weighted by molar-refractivity contribution is -0.384. The zero-order valence-electron chi connectivity index (χ0n) is 17.7. The van der Waals surface area contributed by atoms with E-state index < -0.39 is 40.3 Å². The highest BCUT2D eigenvalue weighted by Crippen LogP contribution is 2.32. The fourth-order valence-corrected chi connectivity index (χ4v) is 4.44. The van der Waals surface area contributed by atoms with Gasteiger partial charge in [-0.15, -0.1) is 0 Å². The molecular formula is C22H15ClN4O7S. The maximum absolute atomic E-state index is 12.6. The molecular weight excluding hydrogens is 500 g/mol. The second-order valence-corrected chi connectivity index (χ2v) is 8.85. The van der Waals surface area contributed by atoms with E-state index in [4.69, 9.17) is 11.6 Å². The van der Waals surface area contributed by atoms with Crippen molar-refractivity contribution in [3.63, 3.8) is 0 Å². The van der Waals surface area contributed by atoms with E-state index in [-0.39, 0.29) is 34.8 Å². The van der Waals surface area contributed by atoms with Gasteiger partial charge in [0.25, 0.3) is 28.6 Å². The summed E-state index contributed by atoms with van der Waals surface area (Å²) < 4.78 is 0. The van der Waals surface area contributed by atoms with Gasteiger partial charge in [-0.05, 0) is 41.6 Å². The van der Waals surface area contributed by atoms with E-state index in [0.29, 0.717) is 15.5 Å². The van der Waals surface area contributed by atoms with Crippen LogP contribution in [-0.4, -0.2) is 63.2 Å². The first-order chi connectivity index (χ1) is 16.7. The molecule has 1 N–H and O–H groups in total. The molecule has 0 atom stereocenters. The number of nitrogens with one attached hydrogen (secondary N) is 1. The zero-order valence-corrected chi connectivity index (χ0v) is 19.3. The van der Waals surface area contributed by atoms with Gasteiger partial charge < -0.3 is 5.32 Å². The smallest absolute Gasteiger partial charge is 0.293 e. The Morgan fingerprint density at radius 1 is 1.00 bits per heavy atom. The number of imide groups is 2. The second kappa shape index (κ2) is 9.68. The number of thioether (sulfide) groups is 1. The lowest BCUT2D eigenvalue weighted by Crippen LogP contribution is -2.43. The highest BCUT2D eigenvalue weighted by atomic mass is 35.5. The van der Waals surface area contributed by atoms with Gasteiger partial charge >= 0.3 is 0 Å². The topological polar surface area (TPSA) is 147 Å². The summed E-state index contributed by atoms with van der Waals surface area (Å²) in [7, 11) is 0. The first-order valence-corrected chi connectivity index (χ1v) is 11.3. The van der Waals surface area contributed by atoms with Crippen molar-refractivity contribution in [3.8, 4) is 0 Å². The maximum Gasteiger partial charge on any atom is 0.293 e.